The van der Waals surface area contributed by atoms with Gasteiger partial charge in [-0.2, -0.15) is 0 Å². The van der Waals surface area contributed by atoms with Gasteiger partial charge in [0.1, 0.15) is 11.4 Å². The number of halogens is 2. The van der Waals surface area contributed by atoms with Gasteiger partial charge < -0.3 is 16.0 Å². The van der Waals surface area contributed by atoms with Gasteiger partial charge in [-0.3, -0.25) is 19.4 Å². The van der Waals surface area contributed by atoms with E-state index in [1.807, 2.05) is 0 Å². The van der Waals surface area contributed by atoms with Crippen LogP contribution in [0.3, 0.4) is 0 Å². The van der Waals surface area contributed by atoms with Crippen molar-refractivity contribution in [3.05, 3.63) is 86.9 Å². The number of benzene rings is 2. The number of fused-ring (bicyclic) bond motifs is 1. The number of primary amides is 1. The van der Waals surface area contributed by atoms with E-state index in [0.717, 1.165) is 23.9 Å². The Morgan fingerprint density at radius 1 is 1.20 bits per heavy atom. The lowest BCUT2D eigenvalue weighted by Gasteiger charge is -2.23. The Morgan fingerprint density at radius 3 is 2.54 bits per heavy atom. The maximum atomic E-state index is 14.9. The van der Waals surface area contributed by atoms with Crippen LogP contribution in [0.1, 0.15) is 22.3 Å². The van der Waals surface area contributed by atoms with Gasteiger partial charge in [-0.05, 0) is 42.0 Å². The van der Waals surface area contributed by atoms with E-state index < -0.39 is 49.1 Å². The van der Waals surface area contributed by atoms with Gasteiger partial charge in [0.25, 0.3) is 5.91 Å². The van der Waals surface area contributed by atoms with Crippen molar-refractivity contribution < 1.29 is 22.4 Å². The highest BCUT2D eigenvalue weighted by Crippen LogP contribution is 2.35. The molecule has 0 saturated carbocycles. The van der Waals surface area contributed by atoms with E-state index in [1.54, 1.807) is 24.3 Å². The summed E-state index contributed by atoms with van der Waals surface area (Å²) in [6, 6.07) is 8.35. The third kappa shape index (κ3) is 4.47. The van der Waals surface area contributed by atoms with Gasteiger partial charge in [-0.25, -0.2) is 12.8 Å². The molecule has 0 bridgehead atoms. The smallest absolute Gasteiger partial charge is 0.257 e. The fourth-order valence-corrected chi connectivity index (χ4v) is 5.54. The largest absolute Gasteiger partial charge is 0.370 e. The molecule has 0 spiro atoms. The first kappa shape index (κ1) is 24.3. The monoisotopic (exact) mass is 516 g/mol. The molecular formula is C23H18ClFN4O5S. The minimum absolute atomic E-state index is 0.0935. The summed E-state index contributed by atoms with van der Waals surface area (Å²) in [6.07, 6.45) is 4.06. The zero-order chi connectivity index (χ0) is 25.4. The molecule has 1 aromatic heterocycles. The van der Waals surface area contributed by atoms with Crippen LogP contribution in [0, 0.1) is 5.82 Å². The zero-order valence-corrected chi connectivity index (χ0v) is 19.5. The first-order valence-electron chi connectivity index (χ1n) is 10.2. The molecule has 12 heteroatoms. The topological polar surface area (TPSA) is 152 Å². The summed E-state index contributed by atoms with van der Waals surface area (Å²) >= 11 is 5.84. The molecule has 2 amide bonds. The van der Waals surface area contributed by atoms with Crippen LogP contribution < -0.4 is 16.5 Å². The Labute approximate surface area is 203 Å². The van der Waals surface area contributed by atoms with Crippen molar-refractivity contribution >= 4 is 50.4 Å². The SMILES string of the molecule is NC(=O)CC1(S(=O)(=O)c2cc(F)c3[nH]cc(C(=O)NCc4ccc(Cl)cc4)c(=O)c3c2)C=CC=N1. The van der Waals surface area contributed by atoms with Crippen LogP contribution in [0.25, 0.3) is 10.9 Å². The molecule has 2 aromatic carbocycles. The Morgan fingerprint density at radius 2 is 1.91 bits per heavy atom. The van der Waals surface area contributed by atoms with Crippen LogP contribution in [-0.2, 0) is 21.2 Å². The van der Waals surface area contributed by atoms with Gasteiger partial charge in [0.15, 0.2) is 4.87 Å². The van der Waals surface area contributed by atoms with Crippen LogP contribution in [0.4, 0.5) is 4.39 Å². The minimum Gasteiger partial charge on any atom is -0.370 e. The highest BCUT2D eigenvalue weighted by atomic mass is 35.5. The van der Waals surface area contributed by atoms with Crippen LogP contribution >= 0.6 is 11.6 Å². The van der Waals surface area contributed by atoms with E-state index in [-0.39, 0.29) is 23.0 Å². The van der Waals surface area contributed by atoms with Crippen LogP contribution in [-0.4, -0.2) is 36.3 Å². The second-order valence-electron chi connectivity index (χ2n) is 7.80. The molecule has 4 rings (SSSR count). The summed E-state index contributed by atoms with van der Waals surface area (Å²) in [6.45, 7) is 0.0935. The lowest BCUT2D eigenvalue weighted by molar-refractivity contribution is -0.118. The van der Waals surface area contributed by atoms with Crippen molar-refractivity contribution in [1.29, 1.82) is 0 Å². The predicted molar refractivity (Wildman–Crippen MR) is 129 cm³/mol. The third-order valence-corrected chi connectivity index (χ3v) is 7.89. The molecule has 0 radical (unpaired) electrons. The normalized spacial score (nSPS) is 17.1. The predicted octanol–water partition coefficient (Wildman–Crippen LogP) is 2.24. The number of H-pyrrole nitrogens is 1. The molecule has 1 aliphatic heterocycles. The fourth-order valence-electron chi connectivity index (χ4n) is 3.68. The van der Waals surface area contributed by atoms with Crippen molar-refractivity contribution in [2.24, 2.45) is 10.7 Å². The lowest BCUT2D eigenvalue weighted by Crippen LogP contribution is -2.38. The van der Waals surface area contributed by atoms with Crippen molar-refractivity contribution in [2.75, 3.05) is 0 Å². The number of carbonyl (C=O) groups excluding carboxylic acids is 2. The van der Waals surface area contributed by atoms with E-state index in [1.165, 1.54) is 18.4 Å². The summed E-state index contributed by atoms with van der Waals surface area (Å²) < 4.78 is 41.6. The molecule has 1 unspecified atom stereocenters. The number of nitrogens with one attached hydrogen (secondary N) is 2. The van der Waals surface area contributed by atoms with Gasteiger partial charge in [0, 0.05) is 24.0 Å². The van der Waals surface area contributed by atoms with Gasteiger partial charge >= 0.3 is 0 Å². The van der Waals surface area contributed by atoms with E-state index in [2.05, 4.69) is 15.3 Å². The molecule has 9 nitrogen and oxygen atoms in total. The number of allylic oxidation sites excluding steroid dienone is 1. The maximum Gasteiger partial charge on any atom is 0.257 e. The standard InChI is InChI=1S/C23H18ClFN4O5S/c24-14-4-2-13(3-5-14)11-28-22(32)17-12-27-20-16(21(17)31)8-15(9-18(20)25)35(33,34)23(10-19(26)30)6-1-7-29-23/h1-9,12H,10-11H2,(H2,26,30)(H,27,31)(H,28,32). The number of amides is 2. The lowest BCUT2D eigenvalue weighted by atomic mass is 10.1. The van der Waals surface area contributed by atoms with E-state index in [9.17, 15) is 27.2 Å². The second-order valence-corrected chi connectivity index (χ2v) is 10.4. The number of carbonyl (C=O) groups is 2. The highest BCUT2D eigenvalue weighted by molar-refractivity contribution is 7.93. The number of pyridine rings is 1. The van der Waals surface area contributed by atoms with Crippen molar-refractivity contribution in [2.45, 2.75) is 22.7 Å². The minimum atomic E-state index is -4.50. The molecule has 0 aliphatic carbocycles. The molecule has 0 saturated heterocycles. The number of aromatic nitrogens is 1. The average Bonchev–Trinajstić information content (AvgIpc) is 3.28. The number of rotatable bonds is 7. The maximum absolute atomic E-state index is 14.9. The number of nitrogens with two attached hydrogens (primary N) is 1. The van der Waals surface area contributed by atoms with Crippen LogP contribution in [0.5, 0.6) is 0 Å². The van der Waals surface area contributed by atoms with E-state index in [4.69, 9.17) is 17.3 Å². The quantitative estimate of drug-likeness (QED) is 0.440. The fraction of sp³-hybridized carbons (Fsp3) is 0.130. The molecule has 35 heavy (non-hydrogen) atoms. The molecule has 180 valence electrons. The summed E-state index contributed by atoms with van der Waals surface area (Å²) in [7, 11) is -4.50. The zero-order valence-electron chi connectivity index (χ0n) is 17.9. The molecule has 1 atom stereocenters. The number of hydrogen-bond donors (Lipinski definition) is 3. The molecular weight excluding hydrogens is 499 g/mol. The van der Waals surface area contributed by atoms with Gasteiger partial charge in [0.05, 0.1) is 22.2 Å². The number of sulfone groups is 1. The molecule has 0 fully saturated rings. The number of aliphatic imine (C=N–C) groups is 1. The summed E-state index contributed by atoms with van der Waals surface area (Å²) in [5, 5.41) is 2.74. The van der Waals surface area contributed by atoms with E-state index >= 15 is 0 Å². The Bertz CT molecular complexity index is 1570. The Hall–Kier alpha value is -3.83. The summed E-state index contributed by atoms with van der Waals surface area (Å²) in [5.41, 5.74) is 4.44. The van der Waals surface area contributed by atoms with Gasteiger partial charge in [-0.1, -0.05) is 23.7 Å². The second kappa shape index (κ2) is 9.08. The molecule has 4 N–H and O–H groups in total. The van der Waals surface area contributed by atoms with E-state index in [0.29, 0.717) is 5.02 Å². The molecule has 2 heterocycles. The third-order valence-electron chi connectivity index (χ3n) is 5.46. The van der Waals surface area contributed by atoms with Crippen molar-refractivity contribution in [3.63, 3.8) is 0 Å². The first-order valence-corrected chi connectivity index (χ1v) is 12.0. The first-order chi connectivity index (χ1) is 16.5. The Kier molecular flexibility index (Phi) is 6.30. The average molecular weight is 517 g/mol. The Balaban J connectivity index is 1.74. The summed E-state index contributed by atoms with van der Waals surface area (Å²) in [4.78, 5) is 41.0. The van der Waals surface area contributed by atoms with Crippen LogP contribution in [0.15, 0.2) is 69.4 Å². The van der Waals surface area contributed by atoms with Crippen molar-refractivity contribution in [1.82, 2.24) is 10.3 Å². The highest BCUT2D eigenvalue weighted by Gasteiger charge is 2.45. The van der Waals surface area contributed by atoms with Crippen molar-refractivity contribution in [3.8, 4) is 0 Å². The number of hydrogen-bond acceptors (Lipinski definition) is 6. The number of aromatic amines is 1. The molecule has 3 aromatic rings. The number of nitrogens with zero attached hydrogens (tertiary/aromatic N) is 1. The van der Waals surface area contributed by atoms with Gasteiger partial charge in [-0.15, -0.1) is 0 Å². The van der Waals surface area contributed by atoms with Gasteiger partial charge in [0.2, 0.25) is 21.2 Å². The van der Waals surface area contributed by atoms with Crippen LogP contribution in [0.2, 0.25) is 5.02 Å². The molecule has 1 aliphatic rings. The summed E-state index contributed by atoms with van der Waals surface area (Å²) in [5.74, 6) is -2.72.